The van der Waals surface area contributed by atoms with E-state index >= 15 is 0 Å². The Morgan fingerprint density at radius 1 is 1.36 bits per heavy atom. The minimum absolute atomic E-state index is 0.0819. The maximum absolute atomic E-state index is 12.2. The van der Waals surface area contributed by atoms with Gasteiger partial charge < -0.3 is 14.8 Å². The highest BCUT2D eigenvalue weighted by Gasteiger charge is 2.22. The van der Waals surface area contributed by atoms with E-state index in [1.165, 1.54) is 18.2 Å². The fourth-order valence-corrected chi connectivity index (χ4v) is 2.82. The minimum atomic E-state index is -0.551. The molecule has 0 radical (unpaired) electrons. The number of nitrogens with zero attached hydrogens (tertiary/aromatic N) is 1. The maximum atomic E-state index is 12.2. The van der Waals surface area contributed by atoms with E-state index in [0.29, 0.717) is 13.0 Å². The van der Waals surface area contributed by atoms with Crippen LogP contribution in [0.15, 0.2) is 42.5 Å². The minimum Gasteiger partial charge on any atom is -0.493 e. The molecular formula is C17H15ClN2O5. The van der Waals surface area contributed by atoms with Crippen LogP contribution in [0.4, 0.5) is 5.69 Å². The molecule has 0 spiro atoms. The van der Waals surface area contributed by atoms with Crippen LogP contribution in [0.1, 0.15) is 18.0 Å². The van der Waals surface area contributed by atoms with Crippen molar-refractivity contribution in [2.24, 2.45) is 0 Å². The molecule has 3 rings (SSSR count). The van der Waals surface area contributed by atoms with Gasteiger partial charge in [0.25, 0.3) is 11.6 Å². The van der Waals surface area contributed by atoms with Crippen molar-refractivity contribution in [1.82, 2.24) is 5.32 Å². The summed E-state index contributed by atoms with van der Waals surface area (Å²) < 4.78 is 10.9. The zero-order valence-corrected chi connectivity index (χ0v) is 13.9. The second kappa shape index (κ2) is 7.40. The van der Waals surface area contributed by atoms with Crippen LogP contribution in [0.5, 0.6) is 11.5 Å². The van der Waals surface area contributed by atoms with E-state index in [-0.39, 0.29) is 35.0 Å². The van der Waals surface area contributed by atoms with Gasteiger partial charge in [-0.05, 0) is 12.1 Å². The molecule has 1 aliphatic heterocycles. The Kier molecular flexibility index (Phi) is 5.04. The van der Waals surface area contributed by atoms with Gasteiger partial charge in [-0.3, -0.25) is 14.9 Å². The van der Waals surface area contributed by atoms with Gasteiger partial charge in [-0.2, -0.15) is 0 Å². The summed E-state index contributed by atoms with van der Waals surface area (Å²) in [6.07, 6.45) is 0.668. The van der Waals surface area contributed by atoms with Crippen LogP contribution < -0.4 is 14.8 Å². The predicted molar refractivity (Wildman–Crippen MR) is 91.0 cm³/mol. The lowest BCUT2D eigenvalue weighted by atomic mass is 10.0. The number of amides is 1. The van der Waals surface area contributed by atoms with E-state index in [2.05, 4.69) is 5.32 Å². The van der Waals surface area contributed by atoms with Crippen molar-refractivity contribution >= 4 is 23.2 Å². The number of nitro groups is 1. The first-order valence-electron chi connectivity index (χ1n) is 7.62. The highest BCUT2D eigenvalue weighted by atomic mass is 35.5. The molecule has 7 nitrogen and oxygen atoms in total. The van der Waals surface area contributed by atoms with Crippen LogP contribution in [0.2, 0.25) is 5.02 Å². The van der Waals surface area contributed by atoms with Crippen molar-refractivity contribution in [3.8, 4) is 11.5 Å². The molecule has 2 aromatic carbocycles. The third kappa shape index (κ3) is 4.00. The Balaban J connectivity index is 1.60. The number of rotatable bonds is 5. The molecule has 1 N–H and O–H groups in total. The second-order valence-corrected chi connectivity index (χ2v) is 5.86. The second-order valence-electron chi connectivity index (χ2n) is 5.46. The van der Waals surface area contributed by atoms with Gasteiger partial charge in [-0.1, -0.05) is 29.8 Å². The Morgan fingerprint density at radius 2 is 2.16 bits per heavy atom. The topological polar surface area (TPSA) is 90.7 Å². The summed E-state index contributed by atoms with van der Waals surface area (Å²) in [7, 11) is 0. The molecule has 1 heterocycles. The van der Waals surface area contributed by atoms with Gasteiger partial charge in [0, 0.05) is 24.1 Å². The third-order valence-electron chi connectivity index (χ3n) is 3.78. The summed E-state index contributed by atoms with van der Waals surface area (Å²) in [4.78, 5) is 22.3. The smallest absolute Gasteiger partial charge is 0.271 e. The van der Waals surface area contributed by atoms with Gasteiger partial charge in [0.2, 0.25) is 0 Å². The van der Waals surface area contributed by atoms with Crippen LogP contribution >= 0.6 is 11.6 Å². The number of non-ortho nitro benzene ring substituents is 1. The summed E-state index contributed by atoms with van der Waals surface area (Å²) in [6, 6.07) is 11.2. The van der Waals surface area contributed by atoms with Gasteiger partial charge in [-0.15, -0.1) is 0 Å². The normalized spacial score (nSPS) is 15.6. The Labute approximate surface area is 148 Å². The van der Waals surface area contributed by atoms with Crippen molar-refractivity contribution < 1.29 is 19.2 Å². The zero-order chi connectivity index (χ0) is 17.8. The maximum Gasteiger partial charge on any atom is 0.271 e. The first-order valence-corrected chi connectivity index (χ1v) is 8.00. The first-order chi connectivity index (χ1) is 12.0. The quantitative estimate of drug-likeness (QED) is 0.651. The van der Waals surface area contributed by atoms with Crippen LogP contribution in [-0.4, -0.2) is 24.0 Å². The number of nitro benzene ring substituents is 1. The van der Waals surface area contributed by atoms with Crippen molar-refractivity contribution in [3.63, 3.8) is 0 Å². The average Bonchev–Trinajstić information content (AvgIpc) is 2.61. The van der Waals surface area contributed by atoms with Crippen molar-refractivity contribution in [2.45, 2.75) is 12.5 Å². The Bertz CT molecular complexity index is 811. The van der Waals surface area contributed by atoms with Gasteiger partial charge in [-0.25, -0.2) is 0 Å². The summed E-state index contributed by atoms with van der Waals surface area (Å²) >= 11 is 5.94. The van der Waals surface area contributed by atoms with Crippen molar-refractivity contribution in [1.29, 1.82) is 0 Å². The molecule has 0 aromatic heterocycles. The molecule has 1 unspecified atom stereocenters. The fraction of sp³-hybridized carbons (Fsp3) is 0.235. The lowest BCUT2D eigenvalue weighted by Crippen LogP contribution is -2.35. The number of halogens is 1. The number of para-hydroxylation sites is 1. The number of fused-ring (bicyclic) bond motifs is 1. The predicted octanol–water partition coefficient (Wildman–Crippen LogP) is 3.27. The van der Waals surface area contributed by atoms with Crippen LogP contribution in [-0.2, 0) is 4.79 Å². The molecule has 0 bridgehead atoms. The van der Waals surface area contributed by atoms with E-state index in [1.807, 2.05) is 24.3 Å². The van der Waals surface area contributed by atoms with E-state index in [4.69, 9.17) is 21.1 Å². The summed E-state index contributed by atoms with van der Waals surface area (Å²) in [5.74, 6) is 0.671. The molecular weight excluding hydrogens is 348 g/mol. The molecule has 0 aliphatic carbocycles. The number of carbonyl (C=O) groups excluding carboxylic acids is 1. The molecule has 0 saturated carbocycles. The summed E-state index contributed by atoms with van der Waals surface area (Å²) in [6.45, 7) is 0.286. The molecule has 1 aliphatic rings. The standard InChI is InChI=1S/C17H15ClN2O5/c18-13-9-11(20(22)23)5-6-16(13)25-10-17(21)19-14-7-8-24-15-4-2-1-3-12(14)15/h1-6,9,14H,7-8,10H2,(H,19,21). The number of hydrogen-bond donors (Lipinski definition) is 1. The molecule has 2 aromatic rings. The Hall–Kier alpha value is -2.80. The number of hydrogen-bond acceptors (Lipinski definition) is 5. The van der Waals surface area contributed by atoms with E-state index in [0.717, 1.165) is 11.3 Å². The largest absolute Gasteiger partial charge is 0.493 e. The highest BCUT2D eigenvalue weighted by molar-refractivity contribution is 6.32. The van der Waals surface area contributed by atoms with E-state index in [1.54, 1.807) is 0 Å². The summed E-state index contributed by atoms with van der Waals surface area (Å²) in [5.41, 5.74) is 0.788. The molecule has 130 valence electrons. The monoisotopic (exact) mass is 362 g/mol. The number of carbonyl (C=O) groups is 1. The van der Waals surface area contributed by atoms with Crippen molar-refractivity contribution in [2.75, 3.05) is 13.2 Å². The molecule has 0 fully saturated rings. The highest BCUT2D eigenvalue weighted by Crippen LogP contribution is 2.32. The number of nitrogens with one attached hydrogen (secondary N) is 1. The fourth-order valence-electron chi connectivity index (χ4n) is 2.59. The van der Waals surface area contributed by atoms with Gasteiger partial charge in [0.05, 0.1) is 22.6 Å². The number of benzene rings is 2. The SMILES string of the molecule is O=C(COc1ccc([N+](=O)[O-])cc1Cl)NC1CCOc2ccccc21. The lowest BCUT2D eigenvalue weighted by molar-refractivity contribution is -0.384. The first kappa shape index (κ1) is 17.0. The third-order valence-corrected chi connectivity index (χ3v) is 4.07. The molecule has 1 atom stereocenters. The Morgan fingerprint density at radius 3 is 2.92 bits per heavy atom. The van der Waals surface area contributed by atoms with Crippen LogP contribution in [0, 0.1) is 10.1 Å². The molecule has 25 heavy (non-hydrogen) atoms. The van der Waals surface area contributed by atoms with E-state index in [9.17, 15) is 14.9 Å². The van der Waals surface area contributed by atoms with E-state index < -0.39 is 4.92 Å². The summed E-state index contributed by atoms with van der Waals surface area (Å²) in [5, 5.41) is 13.7. The zero-order valence-electron chi connectivity index (χ0n) is 13.1. The molecule has 8 heteroatoms. The number of ether oxygens (including phenoxy) is 2. The average molecular weight is 363 g/mol. The van der Waals surface area contributed by atoms with Gasteiger partial charge in [0.15, 0.2) is 6.61 Å². The molecule has 0 saturated heterocycles. The lowest BCUT2D eigenvalue weighted by Gasteiger charge is -2.26. The van der Waals surface area contributed by atoms with Gasteiger partial charge >= 0.3 is 0 Å². The van der Waals surface area contributed by atoms with Crippen LogP contribution in [0.3, 0.4) is 0 Å². The van der Waals surface area contributed by atoms with Crippen molar-refractivity contribution in [3.05, 3.63) is 63.2 Å². The molecule has 1 amide bonds. The van der Waals surface area contributed by atoms with Crippen LogP contribution in [0.25, 0.3) is 0 Å². The van der Waals surface area contributed by atoms with Gasteiger partial charge in [0.1, 0.15) is 11.5 Å².